The summed E-state index contributed by atoms with van der Waals surface area (Å²) in [5.41, 5.74) is 6.49. The van der Waals surface area contributed by atoms with Gasteiger partial charge in [0.2, 0.25) is 0 Å². The highest BCUT2D eigenvalue weighted by atomic mass is 19.3. The van der Waals surface area contributed by atoms with Crippen LogP contribution in [0.2, 0.25) is 0 Å². The van der Waals surface area contributed by atoms with Crippen LogP contribution in [0.15, 0.2) is 24.3 Å². The van der Waals surface area contributed by atoms with Crippen molar-refractivity contribution in [2.75, 3.05) is 6.61 Å². The van der Waals surface area contributed by atoms with Crippen LogP contribution < -0.4 is 10.5 Å². The summed E-state index contributed by atoms with van der Waals surface area (Å²) in [6.07, 6.45) is 0.440. The smallest absolute Gasteiger partial charge is 0.387 e. The van der Waals surface area contributed by atoms with Gasteiger partial charge in [-0.15, -0.1) is 0 Å². The Bertz CT molecular complexity index is 290. The van der Waals surface area contributed by atoms with Crippen molar-refractivity contribution in [1.29, 1.82) is 0 Å². The molecule has 1 aromatic carbocycles. The first-order valence-corrected chi connectivity index (χ1v) is 4.54. The molecule has 0 aliphatic carbocycles. The lowest BCUT2D eigenvalue weighted by Crippen LogP contribution is -2.11. The molecule has 0 radical (unpaired) electrons. The van der Waals surface area contributed by atoms with Crippen molar-refractivity contribution in [3.63, 3.8) is 0 Å². The molecule has 0 bridgehead atoms. The Balaban J connectivity index is 2.63. The summed E-state index contributed by atoms with van der Waals surface area (Å²) in [5, 5.41) is 8.67. The second-order valence-electron chi connectivity index (χ2n) is 3.07. The molecule has 0 saturated heterocycles. The Morgan fingerprint density at radius 2 is 1.87 bits per heavy atom. The van der Waals surface area contributed by atoms with E-state index in [1.807, 2.05) is 0 Å². The van der Waals surface area contributed by atoms with Crippen molar-refractivity contribution in [2.45, 2.75) is 19.1 Å². The van der Waals surface area contributed by atoms with E-state index in [9.17, 15) is 8.78 Å². The zero-order valence-electron chi connectivity index (χ0n) is 8.07. The fraction of sp³-hybridized carbons (Fsp3) is 0.400. The minimum atomic E-state index is -2.82. The molecule has 15 heavy (non-hydrogen) atoms. The van der Waals surface area contributed by atoms with Crippen molar-refractivity contribution >= 4 is 0 Å². The molecule has 1 aromatic rings. The van der Waals surface area contributed by atoms with Gasteiger partial charge in [0.15, 0.2) is 0 Å². The van der Waals surface area contributed by atoms with Gasteiger partial charge in [-0.1, -0.05) is 12.1 Å². The number of rotatable bonds is 5. The highest BCUT2D eigenvalue weighted by Gasteiger charge is 2.07. The van der Waals surface area contributed by atoms with E-state index in [4.69, 9.17) is 10.8 Å². The number of ether oxygens (including phenoxy) is 1. The number of aliphatic hydroxyl groups is 1. The van der Waals surface area contributed by atoms with Crippen LogP contribution in [0.4, 0.5) is 8.78 Å². The molecule has 0 heterocycles. The maximum absolute atomic E-state index is 11.8. The summed E-state index contributed by atoms with van der Waals surface area (Å²) < 4.78 is 27.8. The molecule has 3 nitrogen and oxygen atoms in total. The van der Waals surface area contributed by atoms with Gasteiger partial charge in [-0.3, -0.25) is 0 Å². The molecule has 0 spiro atoms. The van der Waals surface area contributed by atoms with E-state index in [0.29, 0.717) is 6.42 Å². The second-order valence-corrected chi connectivity index (χ2v) is 3.07. The van der Waals surface area contributed by atoms with Gasteiger partial charge < -0.3 is 15.6 Å². The highest BCUT2D eigenvalue weighted by Crippen LogP contribution is 2.19. The van der Waals surface area contributed by atoms with Crippen molar-refractivity contribution in [3.05, 3.63) is 29.8 Å². The van der Waals surface area contributed by atoms with Crippen molar-refractivity contribution < 1.29 is 18.6 Å². The van der Waals surface area contributed by atoms with Gasteiger partial charge in [0.05, 0.1) is 0 Å². The average Bonchev–Trinajstić information content (AvgIpc) is 2.18. The van der Waals surface area contributed by atoms with Crippen LogP contribution in [0.1, 0.15) is 18.0 Å². The summed E-state index contributed by atoms with van der Waals surface area (Å²) in [7, 11) is 0. The number of halogens is 2. The monoisotopic (exact) mass is 217 g/mol. The minimum Gasteiger partial charge on any atom is -0.435 e. The van der Waals surface area contributed by atoms with Crippen LogP contribution in [-0.2, 0) is 0 Å². The van der Waals surface area contributed by atoms with Crippen LogP contribution >= 0.6 is 0 Å². The molecule has 84 valence electrons. The van der Waals surface area contributed by atoms with Crippen molar-refractivity contribution in [1.82, 2.24) is 0 Å². The fourth-order valence-corrected chi connectivity index (χ4v) is 1.20. The molecule has 0 aliphatic heterocycles. The van der Waals surface area contributed by atoms with Crippen LogP contribution in [0.3, 0.4) is 0 Å². The summed E-state index contributed by atoms with van der Waals surface area (Å²) in [4.78, 5) is 0. The van der Waals surface area contributed by atoms with E-state index < -0.39 is 6.61 Å². The Kier molecular flexibility index (Phi) is 4.45. The zero-order valence-corrected chi connectivity index (χ0v) is 8.07. The van der Waals surface area contributed by atoms with E-state index in [1.165, 1.54) is 12.1 Å². The highest BCUT2D eigenvalue weighted by molar-refractivity contribution is 5.29. The summed E-state index contributed by atoms with van der Waals surface area (Å²) >= 11 is 0. The van der Waals surface area contributed by atoms with Crippen molar-refractivity contribution in [3.8, 4) is 5.75 Å². The van der Waals surface area contributed by atoms with Crippen LogP contribution in [0.5, 0.6) is 5.75 Å². The van der Waals surface area contributed by atoms with E-state index in [2.05, 4.69) is 4.74 Å². The van der Waals surface area contributed by atoms with Crippen LogP contribution in [0, 0.1) is 0 Å². The summed E-state index contributed by atoms with van der Waals surface area (Å²) in [6, 6.07) is 5.80. The molecule has 1 rings (SSSR count). The second kappa shape index (κ2) is 5.63. The number of aliphatic hydroxyl groups excluding tert-OH is 1. The number of hydrogen-bond donors (Lipinski definition) is 2. The molecule has 0 aliphatic rings. The van der Waals surface area contributed by atoms with Gasteiger partial charge in [0.25, 0.3) is 0 Å². The predicted octanol–water partition coefficient (Wildman–Crippen LogP) is 1.67. The quantitative estimate of drug-likeness (QED) is 0.788. The topological polar surface area (TPSA) is 55.5 Å². The SMILES string of the molecule is N[C@H](CCO)c1ccc(OC(F)F)cc1. The molecular formula is C10H13F2NO2. The first-order chi connectivity index (χ1) is 7.13. The Morgan fingerprint density at radius 3 is 2.33 bits per heavy atom. The Morgan fingerprint density at radius 1 is 1.27 bits per heavy atom. The molecule has 0 aromatic heterocycles. The fourth-order valence-electron chi connectivity index (χ4n) is 1.20. The summed E-state index contributed by atoms with van der Waals surface area (Å²) in [6.45, 7) is -2.82. The predicted molar refractivity (Wildman–Crippen MR) is 51.7 cm³/mol. The van der Waals surface area contributed by atoms with Crippen LogP contribution in [-0.4, -0.2) is 18.3 Å². The van der Waals surface area contributed by atoms with Gasteiger partial charge in [-0.05, 0) is 24.1 Å². The third-order valence-electron chi connectivity index (χ3n) is 1.97. The third-order valence-corrected chi connectivity index (χ3v) is 1.97. The van der Waals surface area contributed by atoms with Gasteiger partial charge in [-0.25, -0.2) is 0 Å². The lowest BCUT2D eigenvalue weighted by molar-refractivity contribution is -0.0498. The van der Waals surface area contributed by atoms with Crippen LogP contribution in [0.25, 0.3) is 0 Å². The average molecular weight is 217 g/mol. The Labute approximate surface area is 86.5 Å². The Hall–Kier alpha value is -1.20. The lowest BCUT2D eigenvalue weighted by Gasteiger charge is -2.11. The number of nitrogens with two attached hydrogens (primary N) is 1. The van der Waals surface area contributed by atoms with E-state index >= 15 is 0 Å². The molecule has 5 heteroatoms. The minimum absolute atomic E-state index is 0.00352. The van der Waals surface area contributed by atoms with Gasteiger partial charge in [-0.2, -0.15) is 8.78 Å². The maximum atomic E-state index is 11.8. The molecule has 3 N–H and O–H groups in total. The number of alkyl halides is 2. The van der Waals surface area contributed by atoms with Gasteiger partial charge >= 0.3 is 6.61 Å². The molecule has 0 fully saturated rings. The number of hydrogen-bond acceptors (Lipinski definition) is 3. The molecular weight excluding hydrogens is 204 g/mol. The third kappa shape index (κ3) is 3.81. The van der Waals surface area contributed by atoms with E-state index in [-0.39, 0.29) is 18.4 Å². The largest absolute Gasteiger partial charge is 0.435 e. The first kappa shape index (κ1) is 11.9. The number of benzene rings is 1. The molecule has 1 atom stereocenters. The van der Waals surface area contributed by atoms with Gasteiger partial charge in [0.1, 0.15) is 5.75 Å². The standard InChI is InChI=1S/C10H13F2NO2/c11-10(12)15-8-3-1-7(2-4-8)9(13)5-6-14/h1-4,9-10,14H,5-6,13H2/t9-/m1/s1. The van der Waals surface area contributed by atoms with E-state index in [1.54, 1.807) is 12.1 Å². The van der Waals surface area contributed by atoms with Gasteiger partial charge in [0, 0.05) is 12.6 Å². The summed E-state index contributed by atoms with van der Waals surface area (Å²) in [5.74, 6) is 0.102. The van der Waals surface area contributed by atoms with E-state index in [0.717, 1.165) is 5.56 Å². The normalized spacial score (nSPS) is 12.9. The maximum Gasteiger partial charge on any atom is 0.387 e. The lowest BCUT2D eigenvalue weighted by atomic mass is 10.1. The molecule has 0 unspecified atom stereocenters. The zero-order chi connectivity index (χ0) is 11.3. The first-order valence-electron chi connectivity index (χ1n) is 4.54. The molecule has 0 saturated carbocycles. The molecule has 0 amide bonds. The van der Waals surface area contributed by atoms with Crippen molar-refractivity contribution in [2.24, 2.45) is 5.73 Å².